The van der Waals surface area contributed by atoms with E-state index in [0.717, 1.165) is 16.7 Å². The predicted molar refractivity (Wildman–Crippen MR) is 85.3 cm³/mol. The van der Waals surface area contributed by atoms with Crippen molar-refractivity contribution < 1.29 is 13.9 Å². The highest BCUT2D eigenvalue weighted by molar-refractivity contribution is 5.85. The summed E-state index contributed by atoms with van der Waals surface area (Å²) in [6, 6.07) is 5.60. The van der Waals surface area contributed by atoms with E-state index in [2.05, 4.69) is 15.6 Å². The van der Waals surface area contributed by atoms with Crippen molar-refractivity contribution in [2.45, 2.75) is 19.4 Å². The van der Waals surface area contributed by atoms with Crippen molar-refractivity contribution in [1.29, 1.82) is 0 Å². The number of carbonyl (C=O) groups excluding carboxylic acids is 1. The topological polar surface area (TPSA) is 76.4 Å². The van der Waals surface area contributed by atoms with Crippen molar-refractivity contribution in [1.82, 2.24) is 15.6 Å². The van der Waals surface area contributed by atoms with Crippen LogP contribution >= 0.6 is 12.4 Å². The average molecular weight is 326 g/mol. The van der Waals surface area contributed by atoms with Crippen molar-refractivity contribution in [2.75, 3.05) is 26.3 Å². The molecular weight excluding hydrogens is 306 g/mol. The molecule has 1 unspecified atom stereocenters. The van der Waals surface area contributed by atoms with Gasteiger partial charge in [0.2, 0.25) is 5.91 Å². The Hall–Kier alpha value is -1.63. The van der Waals surface area contributed by atoms with Crippen LogP contribution in [0.25, 0.3) is 11.1 Å². The number of halogens is 1. The third-order valence-corrected chi connectivity index (χ3v) is 3.54. The van der Waals surface area contributed by atoms with Crippen LogP contribution in [0.4, 0.5) is 0 Å². The number of carbonyl (C=O) groups is 1. The molecule has 0 saturated carbocycles. The fourth-order valence-electron chi connectivity index (χ4n) is 2.39. The van der Waals surface area contributed by atoms with Crippen molar-refractivity contribution in [3.8, 4) is 0 Å². The number of amides is 1. The molecule has 1 amide bonds. The lowest BCUT2D eigenvalue weighted by atomic mass is 10.2. The van der Waals surface area contributed by atoms with Gasteiger partial charge in [-0.15, -0.1) is 12.4 Å². The van der Waals surface area contributed by atoms with E-state index in [9.17, 15) is 4.79 Å². The van der Waals surface area contributed by atoms with E-state index in [4.69, 9.17) is 9.15 Å². The molecule has 2 N–H and O–H groups in total. The molecule has 0 aliphatic carbocycles. The van der Waals surface area contributed by atoms with Gasteiger partial charge in [-0.2, -0.15) is 0 Å². The van der Waals surface area contributed by atoms with Crippen molar-refractivity contribution in [3.63, 3.8) is 0 Å². The van der Waals surface area contributed by atoms with E-state index in [1.165, 1.54) is 0 Å². The molecule has 0 radical (unpaired) electrons. The van der Waals surface area contributed by atoms with Gasteiger partial charge in [-0.05, 0) is 18.6 Å². The Morgan fingerprint density at radius 3 is 3.09 bits per heavy atom. The van der Waals surface area contributed by atoms with Gasteiger partial charge in [-0.1, -0.05) is 12.1 Å². The van der Waals surface area contributed by atoms with E-state index < -0.39 is 0 Å². The lowest BCUT2D eigenvalue weighted by Gasteiger charge is -2.22. The minimum atomic E-state index is -0.260. The lowest BCUT2D eigenvalue weighted by Crippen LogP contribution is -2.51. The number of fused-ring (bicyclic) bond motifs is 1. The van der Waals surface area contributed by atoms with Crippen LogP contribution in [0.5, 0.6) is 0 Å². The summed E-state index contributed by atoms with van der Waals surface area (Å²) in [5, 5.41) is 6.00. The van der Waals surface area contributed by atoms with Crippen LogP contribution in [-0.2, 0) is 16.0 Å². The zero-order valence-electron chi connectivity index (χ0n) is 12.4. The van der Waals surface area contributed by atoms with Crippen molar-refractivity contribution in [3.05, 3.63) is 29.7 Å². The molecule has 120 valence electrons. The van der Waals surface area contributed by atoms with Gasteiger partial charge in [-0.25, -0.2) is 4.98 Å². The molecule has 1 aliphatic rings. The maximum Gasteiger partial charge on any atom is 0.239 e. The molecular formula is C15H20ClN3O3. The lowest BCUT2D eigenvalue weighted by molar-refractivity contribution is -0.125. The summed E-state index contributed by atoms with van der Waals surface area (Å²) in [5.74, 6) is 0.606. The summed E-state index contributed by atoms with van der Waals surface area (Å²) in [4.78, 5) is 16.4. The number of aryl methyl sites for hydroxylation is 1. The molecule has 1 aliphatic heterocycles. The van der Waals surface area contributed by atoms with Gasteiger partial charge >= 0.3 is 0 Å². The fourth-order valence-corrected chi connectivity index (χ4v) is 2.39. The molecule has 1 atom stereocenters. The highest BCUT2D eigenvalue weighted by Crippen LogP contribution is 2.18. The first-order chi connectivity index (χ1) is 10.2. The molecule has 1 saturated heterocycles. The molecule has 0 spiro atoms. The highest BCUT2D eigenvalue weighted by Gasteiger charge is 2.20. The third-order valence-electron chi connectivity index (χ3n) is 3.54. The normalized spacial score (nSPS) is 18.0. The zero-order valence-corrected chi connectivity index (χ0v) is 13.2. The van der Waals surface area contributed by atoms with Gasteiger partial charge in [0, 0.05) is 19.5 Å². The number of hydrogen-bond donors (Lipinski definition) is 2. The molecule has 1 aromatic carbocycles. The van der Waals surface area contributed by atoms with E-state index in [1.54, 1.807) is 0 Å². The van der Waals surface area contributed by atoms with Gasteiger partial charge in [0.05, 0.1) is 13.2 Å². The van der Waals surface area contributed by atoms with Crippen LogP contribution in [0, 0.1) is 6.92 Å². The van der Waals surface area contributed by atoms with Crippen molar-refractivity contribution in [2.24, 2.45) is 0 Å². The summed E-state index contributed by atoms with van der Waals surface area (Å²) >= 11 is 0. The number of rotatable bonds is 4. The largest absolute Gasteiger partial charge is 0.441 e. The monoisotopic (exact) mass is 325 g/mol. The van der Waals surface area contributed by atoms with Crippen LogP contribution in [0.3, 0.4) is 0 Å². The summed E-state index contributed by atoms with van der Waals surface area (Å²) < 4.78 is 10.9. The van der Waals surface area contributed by atoms with Gasteiger partial charge in [0.1, 0.15) is 11.6 Å². The van der Waals surface area contributed by atoms with Crippen LogP contribution in [-0.4, -0.2) is 43.2 Å². The number of morpholine rings is 1. The van der Waals surface area contributed by atoms with Gasteiger partial charge < -0.3 is 19.8 Å². The highest BCUT2D eigenvalue weighted by atomic mass is 35.5. The van der Waals surface area contributed by atoms with Crippen LogP contribution in [0.2, 0.25) is 0 Å². The second-order valence-electron chi connectivity index (χ2n) is 5.15. The molecule has 7 heteroatoms. The molecule has 0 bridgehead atoms. The van der Waals surface area contributed by atoms with Crippen LogP contribution in [0.1, 0.15) is 11.5 Å². The number of ether oxygens (including phenoxy) is 1. The second-order valence-corrected chi connectivity index (χ2v) is 5.15. The number of hydrogen-bond acceptors (Lipinski definition) is 5. The molecule has 22 heavy (non-hydrogen) atoms. The number of benzene rings is 1. The third kappa shape index (κ3) is 3.76. The number of nitrogens with zero attached hydrogens (tertiary/aromatic N) is 1. The smallest absolute Gasteiger partial charge is 0.239 e. The summed E-state index contributed by atoms with van der Waals surface area (Å²) in [6.45, 7) is 4.30. The Balaban J connectivity index is 0.00000176. The Morgan fingerprint density at radius 2 is 2.36 bits per heavy atom. The maximum atomic E-state index is 11.9. The van der Waals surface area contributed by atoms with Crippen LogP contribution in [0.15, 0.2) is 22.6 Å². The van der Waals surface area contributed by atoms with E-state index in [-0.39, 0.29) is 24.4 Å². The Labute approximate surface area is 135 Å². The molecule has 1 fully saturated rings. The quantitative estimate of drug-likeness (QED) is 0.883. The standard InChI is InChI=1S/C15H19N3O3.ClH/c1-10-3-2-4-12-14(10)18-13(21-12)5-6-17-15(19)11-9-20-8-7-16-11;/h2-4,11,16H,5-9H2,1H3,(H,17,19);1H. The van der Waals surface area contributed by atoms with Crippen molar-refractivity contribution >= 4 is 29.4 Å². The number of nitrogens with one attached hydrogen (secondary N) is 2. The number of oxazole rings is 1. The molecule has 3 rings (SSSR count). The number of aromatic nitrogens is 1. The molecule has 2 aromatic rings. The predicted octanol–water partition coefficient (Wildman–Crippen LogP) is 1.21. The summed E-state index contributed by atoms with van der Waals surface area (Å²) in [7, 11) is 0. The van der Waals surface area contributed by atoms with Gasteiger partial charge in [-0.3, -0.25) is 4.79 Å². The van der Waals surface area contributed by atoms with Crippen LogP contribution < -0.4 is 10.6 Å². The zero-order chi connectivity index (χ0) is 14.7. The molecule has 1 aromatic heterocycles. The Morgan fingerprint density at radius 1 is 1.50 bits per heavy atom. The Bertz CT molecular complexity index is 638. The van der Waals surface area contributed by atoms with E-state index >= 15 is 0 Å². The van der Waals surface area contributed by atoms with E-state index in [1.807, 2.05) is 25.1 Å². The SMILES string of the molecule is Cc1cccc2oc(CCNC(=O)C3COCCN3)nc12.Cl. The first kappa shape index (κ1) is 16.7. The first-order valence-electron chi connectivity index (χ1n) is 7.18. The fraction of sp³-hybridized carbons (Fsp3) is 0.467. The molecule has 6 nitrogen and oxygen atoms in total. The van der Waals surface area contributed by atoms with Gasteiger partial charge in [0.25, 0.3) is 0 Å². The number of para-hydroxylation sites is 1. The minimum absolute atomic E-state index is 0. The van der Waals surface area contributed by atoms with Gasteiger partial charge in [0.15, 0.2) is 11.5 Å². The Kier molecular flexibility index (Phi) is 5.76. The van der Waals surface area contributed by atoms with E-state index in [0.29, 0.717) is 38.6 Å². The second kappa shape index (κ2) is 7.58. The molecule has 2 heterocycles. The minimum Gasteiger partial charge on any atom is -0.441 e. The summed E-state index contributed by atoms with van der Waals surface area (Å²) in [6.07, 6.45) is 0.577. The average Bonchev–Trinajstić information content (AvgIpc) is 2.92. The summed E-state index contributed by atoms with van der Waals surface area (Å²) in [5.41, 5.74) is 2.77. The maximum absolute atomic E-state index is 11.9. The first-order valence-corrected chi connectivity index (χ1v) is 7.18.